The van der Waals surface area contributed by atoms with Crippen LogP contribution in [0.25, 0.3) is 10.9 Å². The van der Waals surface area contributed by atoms with E-state index in [0.717, 1.165) is 16.6 Å². The summed E-state index contributed by atoms with van der Waals surface area (Å²) in [6.45, 7) is 7.88. The Hall–Kier alpha value is -2.67. The first-order valence-electron chi connectivity index (χ1n) is 8.31. The van der Waals surface area contributed by atoms with Crippen LogP contribution >= 0.6 is 0 Å². The van der Waals surface area contributed by atoms with E-state index in [2.05, 4.69) is 9.63 Å². The van der Waals surface area contributed by atoms with Crippen LogP contribution in [-0.2, 0) is 16.6 Å². The lowest BCUT2D eigenvalue weighted by Crippen LogP contribution is -1.99. The van der Waals surface area contributed by atoms with Gasteiger partial charge in [0.25, 0.3) is 10.0 Å². The van der Waals surface area contributed by atoms with E-state index >= 15 is 0 Å². The van der Waals surface area contributed by atoms with Crippen molar-refractivity contribution >= 4 is 26.6 Å². The maximum atomic E-state index is 12.6. The van der Waals surface area contributed by atoms with Crippen molar-refractivity contribution in [1.82, 2.24) is 4.57 Å². The number of sulfonamides is 1. The topological polar surface area (TPSA) is 84.0 Å². The molecule has 0 radical (unpaired) electrons. The first kappa shape index (κ1) is 18.1. The summed E-state index contributed by atoms with van der Waals surface area (Å²) in [4.78, 5) is 0.121. The first-order valence-corrected chi connectivity index (χ1v) is 9.75. The fourth-order valence-electron chi connectivity index (χ4n) is 2.98. The molecule has 26 heavy (non-hydrogen) atoms. The van der Waals surface area contributed by atoms with Crippen molar-refractivity contribution in [3.8, 4) is 5.88 Å². The van der Waals surface area contributed by atoms with Crippen molar-refractivity contribution in [1.29, 1.82) is 0 Å². The third-order valence-corrected chi connectivity index (χ3v) is 5.64. The summed E-state index contributed by atoms with van der Waals surface area (Å²) in [5, 5.41) is 15.1. The Morgan fingerprint density at radius 1 is 1.04 bits per heavy atom. The minimum atomic E-state index is -3.97. The Labute approximate surface area is 152 Å². The number of aromatic hydroxyl groups is 1. The van der Waals surface area contributed by atoms with Crippen LogP contribution in [0, 0.1) is 20.8 Å². The van der Waals surface area contributed by atoms with Crippen LogP contribution in [0.2, 0.25) is 0 Å². The van der Waals surface area contributed by atoms with Crippen LogP contribution in [-0.4, -0.2) is 18.1 Å². The minimum absolute atomic E-state index is 0.0898. The van der Waals surface area contributed by atoms with Crippen molar-refractivity contribution in [3.05, 3.63) is 53.1 Å². The molecular weight excluding hydrogens is 350 g/mol. The molecule has 1 N–H and O–H groups in total. The lowest BCUT2D eigenvalue weighted by molar-refractivity contribution is 0.427. The zero-order chi connectivity index (χ0) is 19.1. The molecule has 2 aromatic carbocycles. The third kappa shape index (κ3) is 3.10. The summed E-state index contributed by atoms with van der Waals surface area (Å²) in [6.07, 6.45) is 0. The van der Waals surface area contributed by atoms with Crippen LogP contribution in [0.1, 0.15) is 23.6 Å². The molecule has 136 valence electrons. The average molecular weight is 371 g/mol. The van der Waals surface area contributed by atoms with Crippen LogP contribution in [0.4, 0.5) is 5.69 Å². The fourth-order valence-corrected chi connectivity index (χ4v) is 4.07. The highest BCUT2D eigenvalue weighted by Gasteiger charge is 2.19. The molecule has 0 aliphatic heterocycles. The summed E-state index contributed by atoms with van der Waals surface area (Å²) in [5.41, 5.74) is 3.36. The normalized spacial score (nSPS) is 12.3. The highest BCUT2D eigenvalue weighted by Crippen LogP contribution is 2.39. The summed E-state index contributed by atoms with van der Waals surface area (Å²) in [7, 11) is -3.97. The fraction of sp³-hybridized carbons (Fsp3) is 0.263. The van der Waals surface area contributed by atoms with Gasteiger partial charge in [0.15, 0.2) is 5.69 Å². The molecule has 3 aromatic rings. The smallest absolute Gasteiger partial charge is 0.300 e. The average Bonchev–Trinajstić information content (AvgIpc) is 2.85. The lowest BCUT2D eigenvalue weighted by Gasteiger charge is -2.03. The molecule has 0 saturated carbocycles. The minimum Gasteiger partial charge on any atom is -0.493 e. The molecule has 3 rings (SSSR count). The molecule has 0 amide bonds. The molecule has 1 heterocycles. The van der Waals surface area contributed by atoms with E-state index in [-0.39, 0.29) is 16.5 Å². The van der Waals surface area contributed by atoms with Gasteiger partial charge in [0.1, 0.15) is 0 Å². The van der Waals surface area contributed by atoms with Crippen molar-refractivity contribution in [3.63, 3.8) is 0 Å². The number of nitrogens with zero attached hydrogens (tertiary/aromatic N) is 3. The van der Waals surface area contributed by atoms with Crippen molar-refractivity contribution < 1.29 is 13.5 Å². The highest BCUT2D eigenvalue weighted by atomic mass is 32.2. The number of benzene rings is 2. The van der Waals surface area contributed by atoms with Gasteiger partial charge in [-0.25, -0.2) is 0 Å². The van der Waals surface area contributed by atoms with Gasteiger partial charge < -0.3 is 9.67 Å². The Morgan fingerprint density at radius 2 is 1.69 bits per heavy atom. The molecule has 7 heteroatoms. The van der Waals surface area contributed by atoms with Gasteiger partial charge in [-0.2, -0.15) is 8.42 Å². The van der Waals surface area contributed by atoms with Crippen molar-refractivity contribution in [2.75, 3.05) is 0 Å². The highest BCUT2D eigenvalue weighted by molar-refractivity contribution is 7.90. The molecule has 0 fully saturated rings. The van der Waals surface area contributed by atoms with Gasteiger partial charge in [0.2, 0.25) is 5.88 Å². The summed E-state index contributed by atoms with van der Waals surface area (Å²) in [6, 6.07) is 10.8. The maximum Gasteiger partial charge on any atom is 0.300 e. The zero-order valence-electron chi connectivity index (χ0n) is 15.2. The van der Waals surface area contributed by atoms with Crippen LogP contribution in [0.3, 0.4) is 0 Å². The molecule has 0 unspecified atom stereocenters. The molecule has 0 saturated heterocycles. The standard InChI is InChI=1S/C19H21N3O3S/c1-5-22-16-9-7-12(2)10-15(16)18(19(22)23)20-21-26(24,25)17-11-13(3)6-8-14(17)4/h6-11,23H,5H2,1-4H3. The molecule has 0 atom stereocenters. The number of aryl methyl sites for hydroxylation is 4. The summed E-state index contributed by atoms with van der Waals surface area (Å²) in [5.74, 6) is -0.0898. The van der Waals surface area contributed by atoms with Gasteiger partial charge in [-0.15, -0.1) is 5.11 Å². The first-order chi connectivity index (χ1) is 12.2. The van der Waals surface area contributed by atoms with Gasteiger partial charge in [0.05, 0.1) is 10.4 Å². The number of aromatic nitrogens is 1. The molecule has 1 aromatic heterocycles. The predicted octanol–water partition coefficient (Wildman–Crippen LogP) is 4.76. The number of hydrogen-bond donors (Lipinski definition) is 1. The van der Waals surface area contributed by atoms with Crippen LogP contribution in [0.5, 0.6) is 5.88 Å². The van der Waals surface area contributed by atoms with Crippen molar-refractivity contribution in [2.45, 2.75) is 39.1 Å². The van der Waals surface area contributed by atoms with E-state index in [1.807, 2.05) is 45.0 Å². The summed E-state index contributed by atoms with van der Waals surface area (Å²) >= 11 is 0. The molecule has 0 aliphatic carbocycles. The Morgan fingerprint density at radius 3 is 2.38 bits per heavy atom. The molecule has 0 bridgehead atoms. The van der Waals surface area contributed by atoms with Crippen LogP contribution in [0.15, 0.2) is 50.9 Å². The molecule has 0 aliphatic rings. The van der Waals surface area contributed by atoms with E-state index in [4.69, 9.17) is 0 Å². The third-order valence-electron chi connectivity index (χ3n) is 4.35. The second kappa shape index (κ2) is 6.57. The number of fused-ring (bicyclic) bond motifs is 1. The molecule has 6 nitrogen and oxygen atoms in total. The zero-order valence-corrected chi connectivity index (χ0v) is 16.0. The second-order valence-corrected chi connectivity index (χ2v) is 7.92. The SMILES string of the molecule is CCn1c(O)c(N=NS(=O)(=O)c2cc(C)ccc2C)c2cc(C)ccc21. The van der Waals surface area contributed by atoms with Gasteiger partial charge >= 0.3 is 0 Å². The van der Waals surface area contributed by atoms with Crippen molar-refractivity contribution in [2.24, 2.45) is 9.63 Å². The monoisotopic (exact) mass is 371 g/mol. The van der Waals surface area contributed by atoms with Gasteiger partial charge in [0, 0.05) is 11.9 Å². The van der Waals surface area contributed by atoms with Crippen LogP contribution < -0.4 is 0 Å². The van der Waals surface area contributed by atoms with E-state index in [9.17, 15) is 13.5 Å². The Kier molecular flexibility index (Phi) is 4.58. The molecule has 0 spiro atoms. The lowest BCUT2D eigenvalue weighted by atomic mass is 10.1. The van der Waals surface area contributed by atoms with E-state index < -0.39 is 10.0 Å². The maximum absolute atomic E-state index is 12.6. The quantitative estimate of drug-likeness (QED) is 0.671. The predicted molar refractivity (Wildman–Crippen MR) is 102 cm³/mol. The van der Waals surface area contributed by atoms with E-state index in [1.165, 1.54) is 0 Å². The van der Waals surface area contributed by atoms with E-state index in [0.29, 0.717) is 17.5 Å². The van der Waals surface area contributed by atoms with Gasteiger partial charge in [-0.05, 0) is 57.0 Å². The largest absolute Gasteiger partial charge is 0.493 e. The summed E-state index contributed by atoms with van der Waals surface area (Å²) < 4.78 is 30.5. The van der Waals surface area contributed by atoms with E-state index in [1.54, 1.807) is 23.6 Å². The Balaban J connectivity index is 2.15. The van der Waals surface area contributed by atoms with Gasteiger partial charge in [-0.1, -0.05) is 28.3 Å². The Bertz CT molecular complexity index is 1130. The number of hydrogen-bond acceptors (Lipinski definition) is 4. The second-order valence-electron chi connectivity index (χ2n) is 6.36. The van der Waals surface area contributed by atoms with Gasteiger partial charge in [-0.3, -0.25) is 0 Å². The molecular formula is C19H21N3O3S. The number of rotatable bonds is 4.